The van der Waals surface area contributed by atoms with Crippen molar-refractivity contribution < 1.29 is 24.0 Å². The number of benzene rings is 2. The predicted molar refractivity (Wildman–Crippen MR) is 93.4 cm³/mol. The third kappa shape index (κ3) is 3.57. The van der Waals surface area contributed by atoms with E-state index < -0.39 is 16.3 Å². The fourth-order valence-corrected chi connectivity index (χ4v) is 2.32. The second-order valence-corrected chi connectivity index (χ2v) is 6.14. The van der Waals surface area contributed by atoms with E-state index in [1.54, 1.807) is 0 Å². The summed E-state index contributed by atoms with van der Waals surface area (Å²) in [7, 11) is 0. The number of allylic oxidation sites excluding steroid dienone is 1. The number of fused-ring (bicyclic) bond motifs is 1. The number of nitrogens with zero attached hydrogens (tertiary/aromatic N) is 1. The molecule has 2 aromatic rings. The van der Waals surface area contributed by atoms with E-state index in [-0.39, 0.29) is 28.7 Å². The standard InChI is InChI=1S/C18H12ClNO6/c1-10(19)18(22)25-13-6-7-14-15(9-13)26-16(17(14)21)8-11-2-4-12(5-3-11)20(23)24/h2-10H,1H3/b16-8-. The van der Waals surface area contributed by atoms with Crippen LogP contribution in [0.5, 0.6) is 11.5 Å². The van der Waals surface area contributed by atoms with Crippen molar-refractivity contribution in [2.24, 2.45) is 0 Å². The van der Waals surface area contributed by atoms with Gasteiger partial charge in [0.15, 0.2) is 5.76 Å². The number of nitro benzene ring substituents is 1. The summed E-state index contributed by atoms with van der Waals surface area (Å²) in [6.07, 6.45) is 1.48. The van der Waals surface area contributed by atoms with Crippen molar-refractivity contribution in [3.8, 4) is 11.5 Å². The van der Waals surface area contributed by atoms with Gasteiger partial charge in [0.25, 0.3) is 5.69 Å². The quantitative estimate of drug-likeness (QED) is 0.202. The van der Waals surface area contributed by atoms with E-state index in [0.717, 1.165) is 0 Å². The van der Waals surface area contributed by atoms with E-state index in [4.69, 9.17) is 21.1 Å². The Kier molecular flexibility index (Phi) is 4.73. The van der Waals surface area contributed by atoms with E-state index in [0.29, 0.717) is 11.1 Å². The molecule has 8 heteroatoms. The average molecular weight is 374 g/mol. The molecule has 0 saturated carbocycles. The van der Waals surface area contributed by atoms with Gasteiger partial charge in [0, 0.05) is 18.2 Å². The van der Waals surface area contributed by atoms with Gasteiger partial charge in [0.2, 0.25) is 5.78 Å². The zero-order chi connectivity index (χ0) is 18.8. The summed E-state index contributed by atoms with van der Waals surface area (Å²) >= 11 is 5.65. The molecule has 1 atom stereocenters. The Balaban J connectivity index is 1.82. The smallest absolute Gasteiger partial charge is 0.329 e. The number of esters is 1. The molecule has 0 N–H and O–H groups in total. The summed E-state index contributed by atoms with van der Waals surface area (Å²) < 4.78 is 10.6. The second-order valence-electron chi connectivity index (χ2n) is 5.48. The first-order chi connectivity index (χ1) is 12.3. The second kappa shape index (κ2) is 6.97. The van der Waals surface area contributed by atoms with Crippen molar-refractivity contribution >= 4 is 35.1 Å². The van der Waals surface area contributed by atoms with Crippen molar-refractivity contribution in [3.63, 3.8) is 0 Å². The summed E-state index contributed by atoms with van der Waals surface area (Å²) in [6, 6.07) is 10.1. The number of carbonyl (C=O) groups excluding carboxylic acids is 2. The van der Waals surface area contributed by atoms with Gasteiger partial charge in [0.05, 0.1) is 10.5 Å². The highest BCUT2D eigenvalue weighted by Gasteiger charge is 2.28. The Hall–Kier alpha value is -3.19. The Morgan fingerprint density at radius 1 is 1.27 bits per heavy atom. The molecule has 0 aromatic heterocycles. The van der Waals surface area contributed by atoms with Gasteiger partial charge in [-0.1, -0.05) is 0 Å². The lowest BCUT2D eigenvalue weighted by Crippen LogP contribution is -2.17. The molecule has 0 bridgehead atoms. The number of hydrogen-bond donors (Lipinski definition) is 0. The summed E-state index contributed by atoms with van der Waals surface area (Å²) in [5, 5.41) is 9.87. The number of ketones is 1. The molecule has 3 rings (SSSR count). The summed E-state index contributed by atoms with van der Waals surface area (Å²) in [6.45, 7) is 1.49. The number of ether oxygens (including phenoxy) is 2. The molecule has 0 amide bonds. The summed E-state index contributed by atoms with van der Waals surface area (Å²) in [5.41, 5.74) is 0.861. The molecule has 7 nitrogen and oxygen atoms in total. The van der Waals surface area contributed by atoms with E-state index >= 15 is 0 Å². The molecule has 0 spiro atoms. The van der Waals surface area contributed by atoms with E-state index in [9.17, 15) is 19.7 Å². The van der Waals surface area contributed by atoms with Gasteiger partial charge in [0.1, 0.15) is 16.9 Å². The Morgan fingerprint density at radius 2 is 1.96 bits per heavy atom. The van der Waals surface area contributed by atoms with E-state index in [1.807, 2.05) is 0 Å². The third-order valence-corrected chi connectivity index (χ3v) is 3.76. The van der Waals surface area contributed by atoms with Crippen LogP contribution >= 0.6 is 11.6 Å². The number of Topliss-reactive ketones (excluding diaryl/α,β-unsaturated/α-hetero) is 1. The third-order valence-electron chi connectivity index (χ3n) is 3.59. The number of carbonyl (C=O) groups is 2. The van der Waals surface area contributed by atoms with Crippen LogP contribution in [0.1, 0.15) is 22.8 Å². The topological polar surface area (TPSA) is 95.7 Å². The molecule has 132 valence electrons. The molecule has 0 radical (unpaired) electrons. The van der Waals surface area contributed by atoms with Gasteiger partial charge in [-0.3, -0.25) is 19.7 Å². The molecule has 1 heterocycles. The zero-order valence-electron chi connectivity index (χ0n) is 13.5. The highest BCUT2D eigenvalue weighted by Crippen LogP contribution is 2.35. The van der Waals surface area contributed by atoms with Gasteiger partial charge in [-0.2, -0.15) is 0 Å². The Labute approximate surface area is 152 Å². The molecule has 2 aromatic carbocycles. The van der Waals surface area contributed by atoms with Gasteiger partial charge < -0.3 is 9.47 Å². The number of alkyl halides is 1. The van der Waals surface area contributed by atoms with Crippen molar-refractivity contribution in [1.29, 1.82) is 0 Å². The number of rotatable bonds is 4. The normalized spacial score (nSPS) is 15.3. The maximum atomic E-state index is 12.4. The molecule has 0 aliphatic carbocycles. The van der Waals surface area contributed by atoms with Gasteiger partial charge in [-0.05, 0) is 42.8 Å². The van der Waals surface area contributed by atoms with Crippen molar-refractivity contribution in [2.45, 2.75) is 12.3 Å². The van der Waals surface area contributed by atoms with Crippen LogP contribution in [0.3, 0.4) is 0 Å². The lowest BCUT2D eigenvalue weighted by atomic mass is 10.1. The highest BCUT2D eigenvalue weighted by molar-refractivity contribution is 6.29. The SMILES string of the molecule is CC(Cl)C(=O)Oc1ccc2c(c1)O/C(=C\c1ccc([N+](=O)[O-])cc1)C2=O. The van der Waals surface area contributed by atoms with Crippen LogP contribution in [0.2, 0.25) is 0 Å². The first-order valence-corrected chi connectivity index (χ1v) is 7.97. The molecule has 0 fully saturated rings. The van der Waals surface area contributed by atoms with Crippen LogP contribution in [-0.4, -0.2) is 22.1 Å². The van der Waals surface area contributed by atoms with Crippen molar-refractivity contribution in [3.05, 3.63) is 69.5 Å². The minimum absolute atomic E-state index is 0.0471. The first-order valence-electron chi connectivity index (χ1n) is 7.53. The number of halogens is 1. The highest BCUT2D eigenvalue weighted by atomic mass is 35.5. The number of nitro groups is 1. The fraction of sp³-hybridized carbons (Fsp3) is 0.111. The predicted octanol–water partition coefficient (Wildman–Crippen LogP) is 3.74. The molecule has 1 aliphatic rings. The maximum absolute atomic E-state index is 12.4. The number of hydrogen-bond acceptors (Lipinski definition) is 6. The number of non-ortho nitro benzene ring substituents is 1. The molecule has 1 aliphatic heterocycles. The van der Waals surface area contributed by atoms with Gasteiger partial charge >= 0.3 is 5.97 Å². The van der Waals surface area contributed by atoms with Crippen LogP contribution in [0.25, 0.3) is 6.08 Å². The van der Waals surface area contributed by atoms with Crippen LogP contribution in [0.4, 0.5) is 5.69 Å². The monoisotopic (exact) mass is 373 g/mol. The molecule has 0 saturated heterocycles. The minimum atomic E-state index is -0.802. The van der Waals surface area contributed by atoms with Crippen LogP contribution in [-0.2, 0) is 4.79 Å². The van der Waals surface area contributed by atoms with E-state index in [1.165, 1.54) is 55.5 Å². The first kappa shape index (κ1) is 17.6. The zero-order valence-corrected chi connectivity index (χ0v) is 14.2. The van der Waals surface area contributed by atoms with Crippen LogP contribution in [0, 0.1) is 10.1 Å². The molecule has 26 heavy (non-hydrogen) atoms. The van der Waals surface area contributed by atoms with E-state index in [2.05, 4.69) is 0 Å². The maximum Gasteiger partial charge on any atom is 0.329 e. The Bertz CT molecular complexity index is 933. The summed E-state index contributed by atoms with van der Waals surface area (Å²) in [4.78, 5) is 34.1. The largest absolute Gasteiger partial charge is 0.452 e. The lowest BCUT2D eigenvalue weighted by molar-refractivity contribution is -0.384. The molecular formula is C18H12ClNO6. The van der Waals surface area contributed by atoms with Crippen LogP contribution < -0.4 is 9.47 Å². The fourth-order valence-electron chi connectivity index (χ4n) is 2.27. The van der Waals surface area contributed by atoms with Gasteiger partial charge in [-0.25, -0.2) is 0 Å². The Morgan fingerprint density at radius 3 is 2.58 bits per heavy atom. The summed E-state index contributed by atoms with van der Waals surface area (Å²) in [5.74, 6) is -0.399. The minimum Gasteiger partial charge on any atom is -0.452 e. The average Bonchev–Trinajstić information content (AvgIpc) is 2.90. The molecular weight excluding hydrogens is 362 g/mol. The lowest BCUT2D eigenvalue weighted by Gasteiger charge is -2.06. The molecule has 1 unspecified atom stereocenters. The van der Waals surface area contributed by atoms with Gasteiger partial charge in [-0.15, -0.1) is 11.6 Å². The van der Waals surface area contributed by atoms with Crippen molar-refractivity contribution in [2.75, 3.05) is 0 Å². The van der Waals surface area contributed by atoms with Crippen molar-refractivity contribution in [1.82, 2.24) is 0 Å². The van der Waals surface area contributed by atoms with Crippen LogP contribution in [0.15, 0.2) is 48.2 Å².